The molecular weight excluding hydrogens is 252 g/mol. The fourth-order valence-electron chi connectivity index (χ4n) is 2.10. The highest BCUT2D eigenvalue weighted by atomic mass is 35.5. The molecule has 0 amide bonds. The van der Waals surface area contributed by atoms with Crippen LogP contribution < -0.4 is 10.5 Å². The molecule has 96 valence electrons. The van der Waals surface area contributed by atoms with E-state index < -0.39 is 0 Å². The van der Waals surface area contributed by atoms with Crippen LogP contribution in [-0.2, 0) is 0 Å². The summed E-state index contributed by atoms with van der Waals surface area (Å²) in [4.78, 5) is 0. The monoisotopic (exact) mass is 266 g/mol. The molecule has 18 heavy (non-hydrogen) atoms. The molecule has 5 heteroatoms. The average molecular weight is 267 g/mol. The number of hydrogen-bond acceptors (Lipinski definition) is 4. The third kappa shape index (κ3) is 1.73. The van der Waals surface area contributed by atoms with Crippen LogP contribution in [0, 0.1) is 20.8 Å². The van der Waals surface area contributed by atoms with Gasteiger partial charge in [-0.15, -0.1) is 0 Å². The first-order chi connectivity index (χ1) is 8.49. The first-order valence-corrected chi connectivity index (χ1v) is 5.90. The molecule has 0 saturated carbocycles. The van der Waals surface area contributed by atoms with E-state index in [0.29, 0.717) is 10.6 Å². The van der Waals surface area contributed by atoms with Crippen molar-refractivity contribution in [2.45, 2.75) is 20.8 Å². The molecule has 0 spiro atoms. The van der Waals surface area contributed by atoms with Gasteiger partial charge in [-0.25, -0.2) is 0 Å². The van der Waals surface area contributed by atoms with E-state index in [1.165, 1.54) is 0 Å². The van der Waals surface area contributed by atoms with Gasteiger partial charge in [-0.1, -0.05) is 16.8 Å². The third-order valence-corrected chi connectivity index (χ3v) is 3.80. The van der Waals surface area contributed by atoms with Gasteiger partial charge in [-0.05, 0) is 37.5 Å². The van der Waals surface area contributed by atoms with Crippen LogP contribution in [0.2, 0.25) is 5.02 Å². The Labute approximate surface area is 111 Å². The van der Waals surface area contributed by atoms with Crippen molar-refractivity contribution >= 4 is 17.5 Å². The highest BCUT2D eigenvalue weighted by Crippen LogP contribution is 2.43. The average Bonchev–Trinajstić information content (AvgIpc) is 2.77. The molecule has 0 saturated heterocycles. The van der Waals surface area contributed by atoms with Gasteiger partial charge in [-0.2, -0.15) is 0 Å². The van der Waals surface area contributed by atoms with Gasteiger partial charge in [-0.3, -0.25) is 0 Å². The van der Waals surface area contributed by atoms with E-state index in [9.17, 15) is 0 Å². The van der Waals surface area contributed by atoms with Crippen molar-refractivity contribution < 1.29 is 9.26 Å². The fourth-order valence-corrected chi connectivity index (χ4v) is 2.34. The zero-order chi connectivity index (χ0) is 13.4. The highest BCUT2D eigenvalue weighted by Gasteiger charge is 2.21. The minimum atomic E-state index is 0.260. The third-order valence-electron chi connectivity index (χ3n) is 3.24. The Morgan fingerprint density at radius 3 is 2.39 bits per heavy atom. The van der Waals surface area contributed by atoms with E-state index in [1.54, 1.807) is 13.3 Å². The van der Waals surface area contributed by atoms with E-state index >= 15 is 0 Å². The van der Waals surface area contributed by atoms with Crippen molar-refractivity contribution in [3.63, 3.8) is 0 Å². The molecule has 2 rings (SSSR count). The molecule has 4 nitrogen and oxygen atoms in total. The van der Waals surface area contributed by atoms with E-state index in [4.69, 9.17) is 26.6 Å². The molecule has 0 aliphatic carbocycles. The maximum Gasteiger partial charge on any atom is 0.230 e. The second kappa shape index (κ2) is 4.53. The van der Waals surface area contributed by atoms with Crippen LogP contribution in [0.3, 0.4) is 0 Å². The van der Waals surface area contributed by atoms with Gasteiger partial charge in [0.05, 0.1) is 18.9 Å². The molecule has 1 heterocycles. The van der Waals surface area contributed by atoms with Crippen LogP contribution in [-0.4, -0.2) is 12.3 Å². The minimum Gasteiger partial charge on any atom is -0.496 e. The molecule has 2 aromatic rings. The number of anilines is 1. The van der Waals surface area contributed by atoms with Gasteiger partial charge in [0.15, 0.2) is 0 Å². The molecule has 0 aliphatic heterocycles. The number of aromatic nitrogens is 1. The second-order valence-electron chi connectivity index (χ2n) is 4.20. The van der Waals surface area contributed by atoms with Crippen LogP contribution in [0.25, 0.3) is 11.1 Å². The summed E-state index contributed by atoms with van der Waals surface area (Å²) in [7, 11) is 1.63. The number of hydrogen-bond donors (Lipinski definition) is 1. The van der Waals surface area contributed by atoms with Crippen molar-refractivity contribution in [3.8, 4) is 16.9 Å². The summed E-state index contributed by atoms with van der Waals surface area (Å²) >= 11 is 6.34. The normalized spacial score (nSPS) is 10.7. The lowest BCUT2D eigenvalue weighted by atomic mass is 9.95. The number of rotatable bonds is 2. The Morgan fingerprint density at radius 1 is 1.22 bits per heavy atom. The van der Waals surface area contributed by atoms with Crippen LogP contribution in [0.4, 0.5) is 5.88 Å². The second-order valence-corrected chi connectivity index (χ2v) is 4.58. The lowest BCUT2D eigenvalue weighted by molar-refractivity contribution is 0.412. The number of benzene rings is 1. The smallest absolute Gasteiger partial charge is 0.230 e. The first-order valence-electron chi connectivity index (χ1n) is 5.52. The zero-order valence-corrected chi connectivity index (χ0v) is 11.6. The summed E-state index contributed by atoms with van der Waals surface area (Å²) in [6, 6.07) is 0. The van der Waals surface area contributed by atoms with E-state index in [2.05, 4.69) is 5.16 Å². The number of nitrogen functional groups attached to an aromatic ring is 1. The molecule has 1 aromatic heterocycles. The topological polar surface area (TPSA) is 61.3 Å². The summed E-state index contributed by atoms with van der Waals surface area (Å²) in [5.41, 5.74) is 10.2. The van der Waals surface area contributed by atoms with Crippen molar-refractivity contribution in [1.82, 2.24) is 5.16 Å². The fraction of sp³-hybridized carbons (Fsp3) is 0.308. The van der Waals surface area contributed by atoms with Crippen LogP contribution >= 0.6 is 11.6 Å². The van der Waals surface area contributed by atoms with Gasteiger partial charge in [0, 0.05) is 10.6 Å². The molecule has 1 aromatic carbocycles. The maximum absolute atomic E-state index is 6.34. The molecule has 0 aliphatic rings. The van der Waals surface area contributed by atoms with Gasteiger partial charge >= 0.3 is 0 Å². The van der Waals surface area contributed by atoms with Crippen LogP contribution in [0.1, 0.15) is 16.7 Å². The number of methoxy groups -OCH3 is 1. The summed E-state index contributed by atoms with van der Waals surface area (Å²) in [5.74, 6) is 1.01. The van der Waals surface area contributed by atoms with Crippen LogP contribution in [0.5, 0.6) is 5.75 Å². The lowest BCUT2D eigenvalue weighted by Gasteiger charge is -2.17. The van der Waals surface area contributed by atoms with Gasteiger partial charge in [0.1, 0.15) is 5.75 Å². The van der Waals surface area contributed by atoms with Gasteiger partial charge < -0.3 is 15.0 Å². The standard InChI is InChI=1S/C13H15ClN2O2/c1-6-7(2)12(17-4)10(8(3)11(6)14)9-5-16-18-13(9)15/h5H,15H2,1-4H3. The predicted octanol–water partition coefficient (Wildman–Crippen LogP) is 3.51. The molecule has 0 unspecified atom stereocenters. The first kappa shape index (κ1) is 12.8. The maximum atomic E-state index is 6.34. The van der Waals surface area contributed by atoms with Crippen LogP contribution in [0.15, 0.2) is 10.7 Å². The van der Waals surface area contributed by atoms with Crippen molar-refractivity contribution in [2.75, 3.05) is 12.8 Å². The number of ether oxygens (including phenoxy) is 1. The lowest BCUT2D eigenvalue weighted by Crippen LogP contribution is -1.99. The Balaban J connectivity index is 2.86. The summed E-state index contributed by atoms with van der Waals surface area (Å²) < 4.78 is 10.4. The summed E-state index contributed by atoms with van der Waals surface area (Å²) in [6.45, 7) is 5.86. The van der Waals surface area contributed by atoms with E-state index in [-0.39, 0.29) is 5.88 Å². The molecule has 0 atom stereocenters. The van der Waals surface area contributed by atoms with Crippen molar-refractivity contribution in [1.29, 1.82) is 0 Å². The molecule has 2 N–H and O–H groups in total. The summed E-state index contributed by atoms with van der Waals surface area (Å²) in [5, 5.41) is 4.41. The van der Waals surface area contributed by atoms with Crippen molar-refractivity contribution in [3.05, 3.63) is 27.9 Å². The Morgan fingerprint density at radius 2 is 1.89 bits per heavy atom. The largest absolute Gasteiger partial charge is 0.496 e. The predicted molar refractivity (Wildman–Crippen MR) is 72.1 cm³/mol. The minimum absolute atomic E-state index is 0.260. The number of nitrogens with zero attached hydrogens (tertiary/aromatic N) is 1. The molecule has 0 bridgehead atoms. The Kier molecular flexibility index (Phi) is 3.22. The van der Waals surface area contributed by atoms with E-state index in [1.807, 2.05) is 20.8 Å². The van der Waals surface area contributed by atoms with E-state index in [0.717, 1.165) is 28.0 Å². The van der Waals surface area contributed by atoms with Gasteiger partial charge in [0.25, 0.3) is 0 Å². The highest BCUT2D eigenvalue weighted by molar-refractivity contribution is 6.32. The summed E-state index contributed by atoms with van der Waals surface area (Å²) in [6.07, 6.45) is 1.57. The molecular formula is C13H15ClN2O2. The number of halogens is 1. The van der Waals surface area contributed by atoms with Gasteiger partial charge in [0.2, 0.25) is 5.88 Å². The molecule has 0 radical (unpaired) electrons. The number of nitrogens with two attached hydrogens (primary N) is 1. The Bertz CT molecular complexity index is 606. The quantitative estimate of drug-likeness (QED) is 0.903. The Hall–Kier alpha value is -1.68. The SMILES string of the molecule is COc1c(C)c(C)c(Cl)c(C)c1-c1cnoc1N. The molecule has 0 fully saturated rings. The van der Waals surface area contributed by atoms with Crippen molar-refractivity contribution in [2.24, 2.45) is 0 Å². The zero-order valence-electron chi connectivity index (χ0n) is 10.8.